The lowest BCUT2D eigenvalue weighted by Gasteiger charge is -2.37. The number of aryl methyl sites for hydroxylation is 1. The molecular formula is C26H30N2O4. The van der Waals surface area contributed by atoms with Gasteiger partial charge in [0.25, 0.3) is 11.8 Å². The van der Waals surface area contributed by atoms with Crippen LogP contribution in [0.25, 0.3) is 5.57 Å². The van der Waals surface area contributed by atoms with Gasteiger partial charge in [-0.05, 0) is 63.9 Å². The molecule has 0 radical (unpaired) electrons. The van der Waals surface area contributed by atoms with Crippen LogP contribution in [0.15, 0.2) is 54.2 Å². The van der Waals surface area contributed by atoms with Gasteiger partial charge in [-0.2, -0.15) is 0 Å². The third-order valence-corrected chi connectivity index (χ3v) is 5.67. The normalized spacial score (nSPS) is 21.7. The van der Waals surface area contributed by atoms with Gasteiger partial charge in [0.15, 0.2) is 0 Å². The summed E-state index contributed by atoms with van der Waals surface area (Å²) in [6.07, 6.45) is -0.0207. The molecule has 2 aliphatic rings. The van der Waals surface area contributed by atoms with E-state index in [4.69, 9.17) is 9.47 Å². The lowest BCUT2D eigenvalue weighted by molar-refractivity contribution is -0.121. The first-order chi connectivity index (χ1) is 15.3. The van der Waals surface area contributed by atoms with Crippen molar-refractivity contribution in [2.75, 3.05) is 18.0 Å². The summed E-state index contributed by atoms with van der Waals surface area (Å²) in [5.41, 5.74) is 3.06. The van der Waals surface area contributed by atoms with Gasteiger partial charge in [-0.25, -0.2) is 4.90 Å². The molecule has 2 aromatic rings. The quantitative estimate of drug-likeness (QED) is 0.661. The Kier molecular flexibility index (Phi) is 6.07. The Labute approximate surface area is 189 Å². The van der Waals surface area contributed by atoms with Crippen molar-refractivity contribution in [3.63, 3.8) is 0 Å². The summed E-state index contributed by atoms with van der Waals surface area (Å²) in [5, 5.41) is 0. The average molecular weight is 435 g/mol. The van der Waals surface area contributed by atoms with Crippen molar-refractivity contribution in [1.29, 1.82) is 0 Å². The molecule has 0 aromatic heterocycles. The van der Waals surface area contributed by atoms with Crippen LogP contribution in [0.5, 0.6) is 5.75 Å². The van der Waals surface area contributed by atoms with E-state index in [2.05, 4.69) is 0 Å². The highest BCUT2D eigenvalue weighted by atomic mass is 16.5. The second-order valence-electron chi connectivity index (χ2n) is 8.81. The number of imide groups is 1. The first-order valence-electron chi connectivity index (χ1n) is 11.1. The molecule has 4 rings (SSSR count). The molecule has 2 atom stereocenters. The second kappa shape index (κ2) is 8.79. The molecule has 6 heteroatoms. The Morgan fingerprint density at radius 2 is 1.56 bits per heavy atom. The summed E-state index contributed by atoms with van der Waals surface area (Å²) in [6.45, 7) is 10.9. The van der Waals surface area contributed by atoms with E-state index in [0.29, 0.717) is 35.6 Å². The zero-order valence-electron chi connectivity index (χ0n) is 19.3. The van der Waals surface area contributed by atoms with E-state index in [-0.39, 0.29) is 30.1 Å². The molecule has 0 saturated carbocycles. The number of para-hydroxylation sites is 1. The summed E-state index contributed by atoms with van der Waals surface area (Å²) in [5.74, 6) is 0.138. The van der Waals surface area contributed by atoms with Crippen LogP contribution < -0.4 is 9.64 Å². The van der Waals surface area contributed by atoms with Gasteiger partial charge < -0.3 is 14.4 Å². The SMILES string of the molecule is Cc1ccccc1N1C(=O)C(c2ccc(OC(C)C)cc2)=C(N2CC(C)OC(C)C2)C1=O. The van der Waals surface area contributed by atoms with Gasteiger partial charge in [-0.15, -0.1) is 0 Å². The van der Waals surface area contributed by atoms with Gasteiger partial charge >= 0.3 is 0 Å². The number of ether oxygens (including phenoxy) is 2. The van der Waals surface area contributed by atoms with Crippen LogP contribution in [0.1, 0.15) is 38.8 Å². The van der Waals surface area contributed by atoms with E-state index in [0.717, 1.165) is 11.3 Å². The number of morpholine rings is 1. The fraction of sp³-hybridized carbons (Fsp3) is 0.385. The summed E-state index contributed by atoms with van der Waals surface area (Å²) >= 11 is 0. The highest BCUT2D eigenvalue weighted by Crippen LogP contribution is 2.37. The Balaban J connectivity index is 1.80. The van der Waals surface area contributed by atoms with Crippen LogP contribution in [0.4, 0.5) is 5.69 Å². The molecular weight excluding hydrogens is 404 g/mol. The second-order valence-corrected chi connectivity index (χ2v) is 8.81. The van der Waals surface area contributed by atoms with Gasteiger partial charge in [-0.1, -0.05) is 30.3 Å². The molecule has 0 aliphatic carbocycles. The van der Waals surface area contributed by atoms with Gasteiger partial charge in [-0.3, -0.25) is 9.59 Å². The number of rotatable bonds is 5. The van der Waals surface area contributed by atoms with Crippen molar-refractivity contribution in [3.05, 3.63) is 65.4 Å². The highest BCUT2D eigenvalue weighted by molar-refractivity contribution is 6.45. The van der Waals surface area contributed by atoms with Crippen LogP contribution in [-0.4, -0.2) is 48.1 Å². The van der Waals surface area contributed by atoms with Crippen LogP contribution in [0.3, 0.4) is 0 Å². The molecule has 168 valence electrons. The van der Waals surface area contributed by atoms with Crippen LogP contribution in [0.2, 0.25) is 0 Å². The minimum Gasteiger partial charge on any atom is -0.491 e. The molecule has 0 N–H and O–H groups in total. The van der Waals surface area contributed by atoms with Crippen molar-refractivity contribution >= 4 is 23.1 Å². The molecule has 2 aliphatic heterocycles. The van der Waals surface area contributed by atoms with Gasteiger partial charge in [0.05, 0.1) is 29.6 Å². The number of anilines is 1. The summed E-state index contributed by atoms with van der Waals surface area (Å²) in [7, 11) is 0. The largest absolute Gasteiger partial charge is 0.491 e. The lowest BCUT2D eigenvalue weighted by Crippen LogP contribution is -2.47. The van der Waals surface area contributed by atoms with Gasteiger partial charge in [0.2, 0.25) is 0 Å². The topological polar surface area (TPSA) is 59.1 Å². The Bertz CT molecular complexity index is 1050. The molecule has 1 fully saturated rings. The van der Waals surface area contributed by atoms with E-state index in [1.165, 1.54) is 4.90 Å². The van der Waals surface area contributed by atoms with Gasteiger partial charge in [0.1, 0.15) is 11.4 Å². The molecule has 32 heavy (non-hydrogen) atoms. The van der Waals surface area contributed by atoms with E-state index < -0.39 is 0 Å². The highest BCUT2D eigenvalue weighted by Gasteiger charge is 2.44. The molecule has 2 unspecified atom stereocenters. The first kappa shape index (κ1) is 22.1. The average Bonchev–Trinajstić information content (AvgIpc) is 2.98. The Morgan fingerprint density at radius 1 is 0.938 bits per heavy atom. The summed E-state index contributed by atoms with van der Waals surface area (Å²) in [4.78, 5) is 30.7. The number of nitrogens with zero attached hydrogens (tertiary/aromatic N) is 2. The zero-order valence-corrected chi connectivity index (χ0v) is 19.3. The maximum absolute atomic E-state index is 13.7. The number of hydrogen-bond acceptors (Lipinski definition) is 5. The molecule has 0 spiro atoms. The van der Waals surface area contributed by atoms with E-state index >= 15 is 0 Å². The van der Waals surface area contributed by atoms with Crippen molar-refractivity contribution in [3.8, 4) is 5.75 Å². The maximum Gasteiger partial charge on any atom is 0.282 e. The van der Waals surface area contributed by atoms with Crippen LogP contribution >= 0.6 is 0 Å². The van der Waals surface area contributed by atoms with Crippen LogP contribution in [0, 0.1) is 6.92 Å². The third-order valence-electron chi connectivity index (χ3n) is 5.67. The van der Waals surface area contributed by atoms with E-state index in [1.807, 2.05) is 88.0 Å². The third kappa shape index (κ3) is 4.15. The number of amides is 2. The summed E-state index contributed by atoms with van der Waals surface area (Å²) < 4.78 is 11.6. The monoisotopic (exact) mass is 434 g/mol. The fourth-order valence-corrected chi connectivity index (χ4v) is 4.44. The smallest absolute Gasteiger partial charge is 0.282 e. The lowest BCUT2D eigenvalue weighted by atomic mass is 10.0. The maximum atomic E-state index is 13.7. The molecule has 1 saturated heterocycles. The molecule has 2 aromatic carbocycles. The van der Waals surface area contributed by atoms with Crippen molar-refractivity contribution in [2.24, 2.45) is 0 Å². The Hall–Kier alpha value is -3.12. The Morgan fingerprint density at radius 3 is 2.16 bits per heavy atom. The van der Waals surface area contributed by atoms with Crippen molar-refractivity contribution in [2.45, 2.75) is 52.9 Å². The molecule has 2 heterocycles. The van der Waals surface area contributed by atoms with E-state index in [1.54, 1.807) is 0 Å². The predicted octanol–water partition coefficient (Wildman–Crippen LogP) is 4.18. The fourth-order valence-electron chi connectivity index (χ4n) is 4.44. The molecule has 2 amide bonds. The van der Waals surface area contributed by atoms with Crippen molar-refractivity contribution < 1.29 is 19.1 Å². The predicted molar refractivity (Wildman–Crippen MR) is 124 cm³/mol. The minimum atomic E-state index is -0.302. The number of carbonyl (C=O) groups excluding carboxylic acids is 2. The zero-order chi connectivity index (χ0) is 23.0. The van der Waals surface area contributed by atoms with Crippen molar-refractivity contribution in [1.82, 2.24) is 4.90 Å². The van der Waals surface area contributed by atoms with Crippen LogP contribution in [-0.2, 0) is 14.3 Å². The number of benzene rings is 2. The minimum absolute atomic E-state index is 0.0373. The number of carbonyl (C=O) groups is 2. The summed E-state index contributed by atoms with van der Waals surface area (Å²) in [6, 6.07) is 14.9. The van der Waals surface area contributed by atoms with E-state index in [9.17, 15) is 9.59 Å². The van der Waals surface area contributed by atoms with Gasteiger partial charge in [0, 0.05) is 13.1 Å². The standard InChI is InChI=1S/C26H30N2O4/c1-16(2)31-21-12-10-20(11-13-21)23-24(27-14-18(4)32-19(5)15-27)26(30)28(25(23)29)22-9-7-6-8-17(22)3/h6-13,16,18-19H,14-15H2,1-5H3. The molecule has 0 bridgehead atoms. The first-order valence-corrected chi connectivity index (χ1v) is 11.1. The number of hydrogen-bond donors (Lipinski definition) is 0. The molecule has 6 nitrogen and oxygen atoms in total.